The molecule has 1 aliphatic rings. The summed E-state index contributed by atoms with van der Waals surface area (Å²) in [5.74, 6) is 0.722. The molecule has 5 nitrogen and oxygen atoms in total. The Morgan fingerprint density at radius 2 is 2.10 bits per heavy atom. The number of hydrogen-bond donors (Lipinski definition) is 2. The molecule has 3 rings (SSSR count). The SMILES string of the molecule is CC1CCC(c2ncc(-c3ccc(Br)cc3)[nH]2)N1C(=O)O. The second-order valence-electron chi connectivity index (χ2n) is 5.32. The summed E-state index contributed by atoms with van der Waals surface area (Å²) >= 11 is 3.41. The molecule has 0 spiro atoms. The molecule has 1 aliphatic heterocycles. The summed E-state index contributed by atoms with van der Waals surface area (Å²) < 4.78 is 1.02. The van der Waals surface area contributed by atoms with Gasteiger partial charge >= 0.3 is 6.09 Å². The lowest BCUT2D eigenvalue weighted by molar-refractivity contribution is 0.123. The third-order valence-electron chi connectivity index (χ3n) is 3.96. The van der Waals surface area contributed by atoms with E-state index in [2.05, 4.69) is 25.9 Å². The Bertz CT molecular complexity index is 653. The maximum absolute atomic E-state index is 11.4. The molecule has 1 saturated heterocycles. The molecular weight excluding hydrogens is 334 g/mol. The normalized spacial score (nSPS) is 21.7. The average molecular weight is 350 g/mol. The van der Waals surface area contributed by atoms with Gasteiger partial charge in [-0.15, -0.1) is 0 Å². The molecule has 1 amide bonds. The van der Waals surface area contributed by atoms with Crippen LogP contribution >= 0.6 is 15.9 Å². The Kier molecular flexibility index (Phi) is 3.71. The lowest BCUT2D eigenvalue weighted by atomic mass is 10.2. The standard InChI is InChI=1S/C15H16BrN3O2/c1-9-2-7-13(19(9)15(20)21)14-17-8-12(18-14)10-3-5-11(16)6-4-10/h3-6,8-9,13H,2,7H2,1H3,(H,17,18)(H,20,21). The smallest absolute Gasteiger partial charge is 0.408 e. The van der Waals surface area contributed by atoms with Crippen LogP contribution in [0.4, 0.5) is 4.79 Å². The molecule has 2 atom stereocenters. The lowest BCUT2D eigenvalue weighted by Crippen LogP contribution is -2.34. The van der Waals surface area contributed by atoms with Gasteiger partial charge in [0.05, 0.1) is 17.9 Å². The van der Waals surface area contributed by atoms with Crippen molar-refractivity contribution in [2.24, 2.45) is 0 Å². The van der Waals surface area contributed by atoms with E-state index >= 15 is 0 Å². The van der Waals surface area contributed by atoms with Crippen molar-refractivity contribution in [3.63, 3.8) is 0 Å². The lowest BCUT2D eigenvalue weighted by Gasteiger charge is -2.23. The van der Waals surface area contributed by atoms with E-state index in [4.69, 9.17) is 0 Å². The van der Waals surface area contributed by atoms with E-state index in [1.54, 1.807) is 6.20 Å². The predicted molar refractivity (Wildman–Crippen MR) is 83.0 cm³/mol. The van der Waals surface area contributed by atoms with E-state index in [-0.39, 0.29) is 12.1 Å². The van der Waals surface area contributed by atoms with Crippen LogP contribution in [0, 0.1) is 0 Å². The molecule has 1 aromatic heterocycles. The van der Waals surface area contributed by atoms with Crippen molar-refractivity contribution in [2.75, 3.05) is 0 Å². The van der Waals surface area contributed by atoms with Crippen LogP contribution in [0.2, 0.25) is 0 Å². The van der Waals surface area contributed by atoms with Crippen LogP contribution in [0.1, 0.15) is 31.6 Å². The number of likely N-dealkylation sites (tertiary alicyclic amines) is 1. The molecule has 0 saturated carbocycles. The minimum atomic E-state index is -0.883. The van der Waals surface area contributed by atoms with Gasteiger partial charge < -0.3 is 10.1 Å². The summed E-state index contributed by atoms with van der Waals surface area (Å²) in [4.78, 5) is 20.5. The Labute approximate surface area is 131 Å². The molecule has 0 aliphatic carbocycles. The minimum Gasteiger partial charge on any atom is -0.465 e. The van der Waals surface area contributed by atoms with Crippen LogP contribution < -0.4 is 0 Å². The molecule has 1 fully saturated rings. The fourth-order valence-corrected chi connectivity index (χ4v) is 3.12. The maximum Gasteiger partial charge on any atom is 0.408 e. The van der Waals surface area contributed by atoms with Gasteiger partial charge in [0, 0.05) is 10.5 Å². The molecule has 2 heterocycles. The zero-order valence-electron chi connectivity index (χ0n) is 11.6. The van der Waals surface area contributed by atoms with Gasteiger partial charge in [0.2, 0.25) is 0 Å². The van der Waals surface area contributed by atoms with Gasteiger partial charge in [-0.05, 0) is 37.5 Å². The first-order valence-electron chi connectivity index (χ1n) is 6.88. The number of nitrogens with one attached hydrogen (secondary N) is 1. The summed E-state index contributed by atoms with van der Waals surface area (Å²) in [6, 6.07) is 7.78. The molecule has 0 bridgehead atoms. The van der Waals surface area contributed by atoms with E-state index in [0.29, 0.717) is 0 Å². The van der Waals surface area contributed by atoms with Gasteiger partial charge in [0.15, 0.2) is 0 Å². The second-order valence-corrected chi connectivity index (χ2v) is 6.24. The number of aromatic nitrogens is 2. The molecule has 1 aromatic carbocycles. The number of H-pyrrole nitrogens is 1. The summed E-state index contributed by atoms with van der Waals surface area (Å²) in [6.07, 6.45) is 2.56. The van der Waals surface area contributed by atoms with E-state index in [1.165, 1.54) is 4.90 Å². The van der Waals surface area contributed by atoms with E-state index < -0.39 is 6.09 Å². The van der Waals surface area contributed by atoms with Gasteiger partial charge in [0.25, 0.3) is 0 Å². The minimum absolute atomic E-state index is 0.0359. The highest BCUT2D eigenvalue weighted by Crippen LogP contribution is 2.35. The molecule has 0 radical (unpaired) electrons. The van der Waals surface area contributed by atoms with Crippen molar-refractivity contribution in [1.29, 1.82) is 0 Å². The van der Waals surface area contributed by atoms with E-state index in [9.17, 15) is 9.90 Å². The largest absolute Gasteiger partial charge is 0.465 e. The van der Waals surface area contributed by atoms with Crippen LogP contribution in [-0.4, -0.2) is 32.1 Å². The van der Waals surface area contributed by atoms with Gasteiger partial charge in [0.1, 0.15) is 5.82 Å². The fourth-order valence-electron chi connectivity index (χ4n) is 2.86. The van der Waals surface area contributed by atoms with Crippen molar-refractivity contribution >= 4 is 22.0 Å². The van der Waals surface area contributed by atoms with Crippen molar-refractivity contribution in [1.82, 2.24) is 14.9 Å². The number of aromatic amines is 1. The summed E-state index contributed by atoms with van der Waals surface area (Å²) in [5.41, 5.74) is 1.94. The number of hydrogen-bond acceptors (Lipinski definition) is 2. The number of carboxylic acid groups (broad SMARTS) is 1. The van der Waals surface area contributed by atoms with Crippen LogP contribution in [0.15, 0.2) is 34.9 Å². The maximum atomic E-state index is 11.4. The van der Waals surface area contributed by atoms with Gasteiger partial charge in [-0.1, -0.05) is 28.1 Å². The highest BCUT2D eigenvalue weighted by Gasteiger charge is 2.36. The molecular formula is C15H16BrN3O2. The molecule has 2 N–H and O–H groups in total. The van der Waals surface area contributed by atoms with Crippen molar-refractivity contribution in [3.8, 4) is 11.3 Å². The number of rotatable bonds is 2. The second kappa shape index (κ2) is 5.52. The summed E-state index contributed by atoms with van der Waals surface area (Å²) in [5, 5.41) is 9.35. The summed E-state index contributed by atoms with van der Waals surface area (Å²) in [7, 11) is 0. The van der Waals surface area contributed by atoms with E-state index in [0.717, 1.165) is 34.4 Å². The van der Waals surface area contributed by atoms with Crippen molar-refractivity contribution < 1.29 is 9.90 Å². The fraction of sp³-hybridized carbons (Fsp3) is 0.333. The predicted octanol–water partition coefficient (Wildman–Crippen LogP) is 4.04. The van der Waals surface area contributed by atoms with Crippen molar-refractivity contribution in [3.05, 3.63) is 40.8 Å². The van der Waals surface area contributed by atoms with E-state index in [1.807, 2.05) is 31.2 Å². The molecule has 110 valence electrons. The number of halogens is 1. The zero-order chi connectivity index (χ0) is 15.0. The Morgan fingerprint density at radius 3 is 2.76 bits per heavy atom. The van der Waals surface area contributed by atoms with Gasteiger partial charge in [-0.2, -0.15) is 0 Å². The third kappa shape index (κ3) is 2.68. The van der Waals surface area contributed by atoms with Crippen LogP contribution in [-0.2, 0) is 0 Å². The monoisotopic (exact) mass is 349 g/mol. The topological polar surface area (TPSA) is 69.2 Å². The molecule has 2 aromatic rings. The molecule has 2 unspecified atom stereocenters. The van der Waals surface area contributed by atoms with Gasteiger partial charge in [-0.3, -0.25) is 4.90 Å². The van der Waals surface area contributed by atoms with Crippen LogP contribution in [0.5, 0.6) is 0 Å². The number of amides is 1. The first kappa shape index (κ1) is 14.1. The van der Waals surface area contributed by atoms with Crippen molar-refractivity contribution in [2.45, 2.75) is 31.8 Å². The first-order chi connectivity index (χ1) is 10.1. The summed E-state index contributed by atoms with van der Waals surface area (Å²) in [6.45, 7) is 1.94. The Morgan fingerprint density at radius 1 is 1.38 bits per heavy atom. The Hall–Kier alpha value is -1.82. The number of benzene rings is 1. The van der Waals surface area contributed by atoms with Gasteiger partial charge in [-0.25, -0.2) is 9.78 Å². The zero-order valence-corrected chi connectivity index (χ0v) is 13.2. The Balaban J connectivity index is 1.88. The average Bonchev–Trinajstić information content (AvgIpc) is 3.05. The third-order valence-corrected chi connectivity index (χ3v) is 4.48. The number of carbonyl (C=O) groups is 1. The first-order valence-corrected chi connectivity index (χ1v) is 7.67. The highest BCUT2D eigenvalue weighted by molar-refractivity contribution is 9.10. The quantitative estimate of drug-likeness (QED) is 0.859. The number of nitrogens with zero attached hydrogens (tertiary/aromatic N) is 2. The highest BCUT2D eigenvalue weighted by atomic mass is 79.9. The molecule has 21 heavy (non-hydrogen) atoms. The van der Waals surface area contributed by atoms with Crippen LogP contribution in [0.3, 0.4) is 0 Å². The van der Waals surface area contributed by atoms with Crippen LogP contribution in [0.25, 0.3) is 11.3 Å². The number of imidazole rings is 1. The molecule has 6 heteroatoms.